The van der Waals surface area contributed by atoms with E-state index >= 15 is 0 Å². The lowest BCUT2D eigenvalue weighted by Crippen LogP contribution is -2.65. The van der Waals surface area contributed by atoms with Gasteiger partial charge in [0.15, 0.2) is 0 Å². The number of hydrogen-bond donors (Lipinski definition) is 3. The lowest BCUT2D eigenvalue weighted by molar-refractivity contribution is -0.384. The van der Waals surface area contributed by atoms with Gasteiger partial charge in [-0.1, -0.05) is 12.8 Å². The Bertz CT molecular complexity index is 646. The molecule has 1 aromatic carbocycles. The van der Waals surface area contributed by atoms with E-state index in [2.05, 4.69) is 16.0 Å². The molecule has 128 valence electrons. The maximum absolute atomic E-state index is 12.1. The number of rotatable bonds is 4. The van der Waals surface area contributed by atoms with Gasteiger partial charge in [0, 0.05) is 29.9 Å². The molecule has 0 radical (unpaired) electrons. The first kappa shape index (κ1) is 16.4. The van der Waals surface area contributed by atoms with Crippen molar-refractivity contribution in [2.24, 2.45) is 0 Å². The molecule has 0 spiro atoms. The molecule has 0 bridgehead atoms. The highest BCUT2D eigenvalue weighted by atomic mass is 16.6. The number of nitrogens with zero attached hydrogens (tertiary/aromatic N) is 1. The second kappa shape index (κ2) is 6.96. The second-order valence-corrected chi connectivity index (χ2v) is 6.28. The van der Waals surface area contributed by atoms with Crippen molar-refractivity contribution in [1.29, 1.82) is 0 Å². The monoisotopic (exact) mass is 332 g/mol. The van der Waals surface area contributed by atoms with Gasteiger partial charge in [-0.05, 0) is 25.0 Å². The van der Waals surface area contributed by atoms with Crippen molar-refractivity contribution >= 4 is 23.2 Å². The number of anilines is 1. The molecule has 8 heteroatoms. The number of nitro groups is 1. The number of fused-ring (bicyclic) bond motifs is 1. The number of non-ortho nitro benzene ring substituents is 1. The summed E-state index contributed by atoms with van der Waals surface area (Å²) >= 11 is 0. The first-order valence-corrected chi connectivity index (χ1v) is 8.13. The fourth-order valence-electron chi connectivity index (χ4n) is 3.34. The highest BCUT2D eigenvalue weighted by molar-refractivity contribution is 5.95. The molecule has 8 nitrogen and oxygen atoms in total. The smallest absolute Gasteiger partial charge is 0.269 e. The predicted octanol–water partition coefficient (Wildman–Crippen LogP) is 1.32. The summed E-state index contributed by atoms with van der Waals surface area (Å²) in [6, 6.07) is 5.46. The Balaban J connectivity index is 1.56. The van der Waals surface area contributed by atoms with Gasteiger partial charge in [-0.15, -0.1) is 0 Å². The van der Waals surface area contributed by atoms with Crippen LogP contribution in [0.1, 0.15) is 32.1 Å². The Hall–Kier alpha value is -2.48. The number of amides is 2. The van der Waals surface area contributed by atoms with Gasteiger partial charge in [0.1, 0.15) is 0 Å². The van der Waals surface area contributed by atoms with E-state index in [4.69, 9.17) is 0 Å². The fourth-order valence-corrected chi connectivity index (χ4v) is 3.34. The molecule has 3 atom stereocenters. The third kappa shape index (κ3) is 3.70. The van der Waals surface area contributed by atoms with Crippen LogP contribution in [-0.2, 0) is 9.59 Å². The Morgan fingerprint density at radius 1 is 1.21 bits per heavy atom. The number of piperazine rings is 1. The molecule has 3 rings (SSSR count). The molecule has 2 aliphatic rings. The van der Waals surface area contributed by atoms with Gasteiger partial charge >= 0.3 is 0 Å². The van der Waals surface area contributed by atoms with Gasteiger partial charge in [0.25, 0.3) is 5.69 Å². The standard InChI is InChI=1S/C16H20N4O4/c21-15(17-10-5-7-11(8-6-10)20(23)24)9-14-16(22)19-13-4-2-1-3-12(13)18-14/h5-8,12-14,18H,1-4,9H2,(H,17,21)(H,19,22)/t12-,13+,14+/m1/s1. The van der Waals surface area contributed by atoms with Crippen molar-refractivity contribution in [2.75, 3.05) is 5.32 Å². The zero-order chi connectivity index (χ0) is 17.1. The van der Waals surface area contributed by atoms with Crippen LogP contribution in [0.2, 0.25) is 0 Å². The lowest BCUT2D eigenvalue weighted by Gasteiger charge is -2.40. The van der Waals surface area contributed by atoms with Gasteiger partial charge in [-0.25, -0.2) is 0 Å². The summed E-state index contributed by atoms with van der Waals surface area (Å²) < 4.78 is 0. The van der Waals surface area contributed by atoms with Crippen molar-refractivity contribution in [3.63, 3.8) is 0 Å². The largest absolute Gasteiger partial charge is 0.350 e. The number of carbonyl (C=O) groups excluding carboxylic acids is 2. The fraction of sp³-hybridized carbons (Fsp3) is 0.500. The average Bonchev–Trinajstić information content (AvgIpc) is 2.56. The number of hydrogen-bond acceptors (Lipinski definition) is 5. The van der Waals surface area contributed by atoms with Crippen molar-refractivity contribution in [2.45, 2.75) is 50.2 Å². The van der Waals surface area contributed by atoms with E-state index in [0.29, 0.717) is 5.69 Å². The summed E-state index contributed by atoms with van der Waals surface area (Å²) in [5, 5.41) is 19.6. The van der Waals surface area contributed by atoms with Crippen LogP contribution >= 0.6 is 0 Å². The van der Waals surface area contributed by atoms with Crippen LogP contribution in [0, 0.1) is 10.1 Å². The molecular formula is C16H20N4O4. The summed E-state index contributed by atoms with van der Waals surface area (Å²) in [6.07, 6.45) is 4.27. The van der Waals surface area contributed by atoms with Gasteiger partial charge in [0.2, 0.25) is 11.8 Å². The molecule has 2 amide bonds. The molecule has 1 aliphatic carbocycles. The minimum absolute atomic E-state index is 0.0338. The van der Waals surface area contributed by atoms with Gasteiger partial charge in [0.05, 0.1) is 17.4 Å². The first-order valence-electron chi connectivity index (χ1n) is 8.13. The molecule has 2 fully saturated rings. The number of nitro benzene ring substituents is 1. The van der Waals surface area contributed by atoms with Gasteiger partial charge in [-0.2, -0.15) is 0 Å². The Labute approximate surface area is 139 Å². The molecule has 3 N–H and O–H groups in total. The quantitative estimate of drug-likeness (QED) is 0.568. The minimum atomic E-state index is -0.539. The highest BCUT2D eigenvalue weighted by Crippen LogP contribution is 2.22. The summed E-state index contributed by atoms with van der Waals surface area (Å²) in [4.78, 5) is 34.4. The zero-order valence-corrected chi connectivity index (χ0v) is 13.2. The van der Waals surface area contributed by atoms with E-state index < -0.39 is 11.0 Å². The van der Waals surface area contributed by atoms with E-state index in [9.17, 15) is 19.7 Å². The highest BCUT2D eigenvalue weighted by Gasteiger charge is 2.36. The van der Waals surface area contributed by atoms with Crippen LogP contribution in [-0.4, -0.2) is 34.9 Å². The van der Waals surface area contributed by atoms with Crippen molar-refractivity contribution in [3.05, 3.63) is 34.4 Å². The van der Waals surface area contributed by atoms with Crippen LogP contribution in [0.25, 0.3) is 0 Å². The molecular weight excluding hydrogens is 312 g/mol. The number of carbonyl (C=O) groups is 2. The average molecular weight is 332 g/mol. The van der Waals surface area contributed by atoms with Gasteiger partial charge in [-0.3, -0.25) is 19.7 Å². The van der Waals surface area contributed by atoms with E-state index in [-0.39, 0.29) is 36.0 Å². The summed E-state index contributed by atoms with van der Waals surface area (Å²) in [7, 11) is 0. The molecule has 1 saturated heterocycles. The SMILES string of the molecule is O=C(C[C@@H]1N[C@@H]2CCCC[C@@H]2NC1=O)Nc1ccc([N+](=O)[O-])cc1. The topological polar surface area (TPSA) is 113 Å². The molecule has 1 heterocycles. The minimum Gasteiger partial charge on any atom is -0.350 e. The summed E-state index contributed by atoms with van der Waals surface area (Å²) in [5.41, 5.74) is 0.432. The lowest BCUT2D eigenvalue weighted by atomic mass is 9.87. The van der Waals surface area contributed by atoms with Crippen molar-refractivity contribution in [3.8, 4) is 0 Å². The van der Waals surface area contributed by atoms with E-state index in [1.165, 1.54) is 24.3 Å². The predicted molar refractivity (Wildman–Crippen MR) is 87.5 cm³/mol. The van der Waals surface area contributed by atoms with Crippen LogP contribution in [0.3, 0.4) is 0 Å². The van der Waals surface area contributed by atoms with Crippen LogP contribution < -0.4 is 16.0 Å². The summed E-state index contributed by atoms with van der Waals surface area (Å²) in [6.45, 7) is 0. The van der Waals surface area contributed by atoms with Crippen LogP contribution in [0.5, 0.6) is 0 Å². The maximum atomic E-state index is 12.1. The number of nitrogens with one attached hydrogen (secondary N) is 3. The summed E-state index contributed by atoms with van der Waals surface area (Å²) in [5.74, 6) is -0.442. The zero-order valence-electron chi connectivity index (χ0n) is 13.2. The first-order chi connectivity index (χ1) is 11.5. The van der Waals surface area contributed by atoms with E-state index in [0.717, 1.165) is 25.7 Å². The van der Waals surface area contributed by atoms with Crippen molar-refractivity contribution < 1.29 is 14.5 Å². The van der Waals surface area contributed by atoms with Crippen molar-refractivity contribution in [1.82, 2.24) is 10.6 Å². The third-order valence-electron chi connectivity index (χ3n) is 4.58. The Morgan fingerprint density at radius 3 is 2.54 bits per heavy atom. The molecule has 0 unspecified atom stereocenters. The Kier molecular flexibility index (Phi) is 4.75. The molecule has 1 saturated carbocycles. The molecule has 0 aromatic heterocycles. The maximum Gasteiger partial charge on any atom is 0.269 e. The molecule has 1 aromatic rings. The van der Waals surface area contributed by atoms with Crippen LogP contribution in [0.4, 0.5) is 11.4 Å². The number of benzene rings is 1. The Morgan fingerprint density at radius 2 is 1.88 bits per heavy atom. The third-order valence-corrected chi connectivity index (χ3v) is 4.58. The second-order valence-electron chi connectivity index (χ2n) is 6.28. The van der Waals surface area contributed by atoms with Crippen LogP contribution in [0.15, 0.2) is 24.3 Å². The van der Waals surface area contributed by atoms with E-state index in [1.54, 1.807) is 0 Å². The molecule has 1 aliphatic heterocycles. The molecule has 24 heavy (non-hydrogen) atoms. The van der Waals surface area contributed by atoms with E-state index in [1.807, 2.05) is 0 Å². The van der Waals surface area contributed by atoms with Gasteiger partial charge < -0.3 is 16.0 Å². The normalized spacial score (nSPS) is 26.2.